The summed E-state index contributed by atoms with van der Waals surface area (Å²) in [6.45, 7) is -0.407. The van der Waals surface area contributed by atoms with Crippen molar-refractivity contribution in [2.45, 2.75) is 24.6 Å². The molecule has 11 nitrogen and oxygen atoms in total. The van der Waals surface area contributed by atoms with Crippen molar-refractivity contribution in [3.8, 4) is 0 Å². The molecule has 0 aromatic carbocycles. The Morgan fingerprint density at radius 3 is 2.08 bits per heavy atom. The predicted octanol–water partition coefficient (Wildman–Crippen LogP) is -2.64. The van der Waals surface area contributed by atoms with Crippen LogP contribution >= 0.6 is 0 Å². The number of aromatic nitrogens is 1. The number of nitrogens with two attached hydrogens (primary N) is 1. The van der Waals surface area contributed by atoms with E-state index in [4.69, 9.17) is 39.1 Å². The number of aliphatic hydroxyl groups is 4. The Morgan fingerprint density at radius 2 is 1.88 bits per heavy atom. The summed E-state index contributed by atoms with van der Waals surface area (Å²) >= 11 is 0. The van der Waals surface area contributed by atoms with Gasteiger partial charge in [-0.1, -0.05) is 3.89 Å². The van der Waals surface area contributed by atoms with Crippen molar-refractivity contribution in [1.29, 1.82) is 0 Å². The topological polar surface area (TPSA) is 200 Å². The molecular weight excluding hydrogens is 355 g/mol. The van der Waals surface area contributed by atoms with Crippen LogP contribution in [0, 0.1) is 0 Å². The molecule has 7 N–H and O–H groups in total. The second kappa shape index (κ2) is 10.2. The standard InChI is InChI=1S/C6H6N2O.C5H10O5.FHO3S/c7-6(9)5-2-1-3-8-4-5;6-1-2-3(7)4(8)5(9)10-2;1-5(2,3)4/h1-4H,(H2,7,9);2-9H,1H2;(H,2,3,4)/t;2-,3-,4-,5-;/m.1./s1. The zero-order valence-electron chi connectivity index (χ0n) is 12.0. The third-order valence-electron chi connectivity index (χ3n) is 2.46. The maximum atomic E-state index is 10.4. The summed E-state index contributed by atoms with van der Waals surface area (Å²) < 4.78 is 38.6. The molecule has 0 saturated carbocycles. The van der Waals surface area contributed by atoms with E-state index in [1.54, 1.807) is 18.3 Å². The molecule has 1 saturated heterocycles. The summed E-state index contributed by atoms with van der Waals surface area (Å²) in [6, 6.07) is 3.29. The molecule has 2 rings (SSSR count). The summed E-state index contributed by atoms with van der Waals surface area (Å²) in [5.41, 5.74) is 5.38. The molecule has 2 heterocycles. The number of halogens is 1. The predicted molar refractivity (Wildman–Crippen MR) is 75.4 cm³/mol. The van der Waals surface area contributed by atoms with Gasteiger partial charge in [0.2, 0.25) is 5.91 Å². The molecule has 1 aliphatic rings. The van der Waals surface area contributed by atoms with E-state index in [2.05, 4.69) is 9.72 Å². The first-order valence-corrected chi connectivity index (χ1v) is 7.48. The van der Waals surface area contributed by atoms with Crippen LogP contribution in [0.4, 0.5) is 3.89 Å². The second-order valence-electron chi connectivity index (χ2n) is 4.25. The summed E-state index contributed by atoms with van der Waals surface area (Å²) in [4.78, 5) is 14.1. The molecule has 24 heavy (non-hydrogen) atoms. The third-order valence-corrected chi connectivity index (χ3v) is 2.46. The molecule has 0 radical (unpaired) electrons. The molecular formula is C11H17FN2O9S. The first kappa shape index (κ1) is 22.3. The quantitative estimate of drug-likeness (QED) is 0.235. The number of primary amides is 1. The number of ether oxygens (including phenoxy) is 1. The Morgan fingerprint density at radius 1 is 1.33 bits per heavy atom. The minimum absolute atomic E-state index is 0.407. The van der Waals surface area contributed by atoms with Crippen LogP contribution in [0.25, 0.3) is 0 Å². The number of hydrogen-bond donors (Lipinski definition) is 6. The van der Waals surface area contributed by atoms with Crippen molar-refractivity contribution >= 4 is 16.4 Å². The van der Waals surface area contributed by atoms with Crippen LogP contribution < -0.4 is 5.73 Å². The van der Waals surface area contributed by atoms with E-state index in [9.17, 15) is 8.68 Å². The van der Waals surface area contributed by atoms with Gasteiger partial charge in [-0.25, -0.2) is 0 Å². The van der Waals surface area contributed by atoms with Crippen LogP contribution in [0.5, 0.6) is 0 Å². The number of amides is 1. The summed E-state index contributed by atoms with van der Waals surface area (Å²) in [7, 11) is -5.17. The Hall–Kier alpha value is -1.74. The minimum Gasteiger partial charge on any atom is -0.394 e. The molecule has 1 amide bonds. The summed E-state index contributed by atoms with van der Waals surface area (Å²) in [6.07, 6.45) is -1.73. The van der Waals surface area contributed by atoms with Gasteiger partial charge in [0.1, 0.15) is 18.3 Å². The third kappa shape index (κ3) is 9.41. The number of rotatable bonds is 2. The lowest BCUT2D eigenvalue weighted by Gasteiger charge is -2.09. The molecule has 1 aromatic heterocycles. The first-order chi connectivity index (χ1) is 11.0. The van der Waals surface area contributed by atoms with Crippen LogP contribution in [0.3, 0.4) is 0 Å². The van der Waals surface area contributed by atoms with Gasteiger partial charge in [0.05, 0.1) is 12.2 Å². The van der Waals surface area contributed by atoms with Crippen molar-refractivity contribution < 1.29 is 46.8 Å². The van der Waals surface area contributed by atoms with Gasteiger partial charge in [-0.2, -0.15) is 8.42 Å². The molecule has 138 valence electrons. The van der Waals surface area contributed by atoms with Gasteiger partial charge in [0.25, 0.3) is 0 Å². The molecule has 1 aliphatic heterocycles. The molecule has 4 atom stereocenters. The molecule has 13 heteroatoms. The Labute approximate surface area is 136 Å². The monoisotopic (exact) mass is 372 g/mol. The fourth-order valence-corrected chi connectivity index (χ4v) is 1.39. The molecule has 0 unspecified atom stereocenters. The highest BCUT2D eigenvalue weighted by atomic mass is 32.3. The van der Waals surface area contributed by atoms with Crippen LogP contribution in [0.1, 0.15) is 10.4 Å². The van der Waals surface area contributed by atoms with Crippen molar-refractivity contribution in [1.82, 2.24) is 4.98 Å². The van der Waals surface area contributed by atoms with Gasteiger partial charge in [-0.3, -0.25) is 14.3 Å². The highest BCUT2D eigenvalue weighted by Gasteiger charge is 2.41. The summed E-state index contributed by atoms with van der Waals surface area (Å²) in [5.74, 6) is -0.442. The maximum absolute atomic E-state index is 10.4. The van der Waals surface area contributed by atoms with E-state index in [0.29, 0.717) is 5.56 Å². The fourth-order valence-electron chi connectivity index (χ4n) is 1.39. The van der Waals surface area contributed by atoms with Gasteiger partial charge in [-0.05, 0) is 12.1 Å². The van der Waals surface area contributed by atoms with E-state index >= 15 is 0 Å². The lowest BCUT2D eigenvalue weighted by Crippen LogP contribution is -2.33. The number of aliphatic hydroxyl groups excluding tert-OH is 4. The molecule has 1 fully saturated rings. The lowest BCUT2D eigenvalue weighted by atomic mass is 10.1. The number of nitrogens with zero attached hydrogens (tertiary/aromatic N) is 1. The van der Waals surface area contributed by atoms with Gasteiger partial charge in [0.15, 0.2) is 6.29 Å². The van der Waals surface area contributed by atoms with Crippen LogP contribution in [0.2, 0.25) is 0 Å². The molecule has 0 bridgehead atoms. The molecule has 0 aliphatic carbocycles. The van der Waals surface area contributed by atoms with Gasteiger partial charge < -0.3 is 30.9 Å². The average molecular weight is 372 g/mol. The van der Waals surface area contributed by atoms with Gasteiger partial charge in [0, 0.05) is 12.4 Å². The van der Waals surface area contributed by atoms with Crippen LogP contribution in [0.15, 0.2) is 24.5 Å². The van der Waals surface area contributed by atoms with Crippen molar-refractivity contribution in [2.75, 3.05) is 6.61 Å². The average Bonchev–Trinajstić information content (AvgIpc) is 2.74. The van der Waals surface area contributed by atoms with E-state index in [1.807, 2.05) is 0 Å². The van der Waals surface area contributed by atoms with E-state index in [1.165, 1.54) is 6.20 Å². The molecule has 1 aromatic rings. The van der Waals surface area contributed by atoms with Crippen molar-refractivity contribution in [3.63, 3.8) is 0 Å². The smallest absolute Gasteiger partial charge is 0.394 e. The number of pyridine rings is 1. The van der Waals surface area contributed by atoms with Gasteiger partial charge in [-0.15, -0.1) is 0 Å². The van der Waals surface area contributed by atoms with Crippen LogP contribution in [-0.2, 0) is 15.2 Å². The van der Waals surface area contributed by atoms with Crippen molar-refractivity contribution in [3.05, 3.63) is 30.1 Å². The van der Waals surface area contributed by atoms with Crippen molar-refractivity contribution in [2.24, 2.45) is 5.73 Å². The highest BCUT2D eigenvalue weighted by Crippen LogP contribution is 2.18. The Balaban J connectivity index is 0.000000351. The normalized spacial score (nSPS) is 25.8. The molecule has 0 spiro atoms. The van der Waals surface area contributed by atoms with E-state index in [0.717, 1.165) is 0 Å². The number of hydrogen-bond acceptors (Lipinski definition) is 9. The van der Waals surface area contributed by atoms with Crippen LogP contribution in [-0.4, -0.2) is 75.5 Å². The second-order valence-corrected chi connectivity index (χ2v) is 5.07. The summed E-state index contributed by atoms with van der Waals surface area (Å²) in [5, 5.41) is 35.0. The van der Waals surface area contributed by atoms with E-state index in [-0.39, 0.29) is 0 Å². The SMILES string of the molecule is NC(=O)c1cccnc1.O=S(=O)(O)F.OC[C@H]1O[C@@H](O)[C@H](O)[C@@H]1O. The fraction of sp³-hybridized carbons (Fsp3) is 0.455. The minimum atomic E-state index is -5.17. The first-order valence-electron chi connectivity index (χ1n) is 6.14. The number of carbonyl (C=O) groups excluding carboxylic acids is 1. The Kier molecular flexibility index (Phi) is 9.45. The number of carbonyl (C=O) groups is 1. The van der Waals surface area contributed by atoms with Gasteiger partial charge >= 0.3 is 10.5 Å². The lowest BCUT2D eigenvalue weighted by molar-refractivity contribution is -0.132. The maximum Gasteiger partial charge on any atom is 0.435 e. The highest BCUT2D eigenvalue weighted by molar-refractivity contribution is 7.80. The Bertz CT molecular complexity index is 593. The zero-order chi connectivity index (χ0) is 18.9. The van der Waals surface area contributed by atoms with E-state index < -0.39 is 47.6 Å². The zero-order valence-corrected chi connectivity index (χ0v) is 12.8. The largest absolute Gasteiger partial charge is 0.435 e.